The Bertz CT molecular complexity index is 323. The Labute approximate surface area is 102 Å². The van der Waals surface area contributed by atoms with Gasteiger partial charge in [0.05, 0.1) is 6.10 Å². The molecule has 16 heavy (non-hydrogen) atoms. The maximum atomic E-state index is 9.86. The van der Waals surface area contributed by atoms with Gasteiger partial charge in [-0.3, -0.25) is 0 Å². The fraction of sp³-hybridized carbons (Fsp3) is 0.692. The average Bonchev–Trinajstić information content (AvgIpc) is 2.75. The standard InChI is InChI=1S/C13H21NOS/c1-2-10-7-8-16-13(10)9-14-11-5-3-4-6-12(11)15/h7-8,11-12,14-15H,2-6,9H2,1H3. The molecule has 1 fully saturated rings. The highest BCUT2D eigenvalue weighted by molar-refractivity contribution is 7.10. The van der Waals surface area contributed by atoms with Crippen molar-refractivity contribution in [2.24, 2.45) is 0 Å². The summed E-state index contributed by atoms with van der Waals surface area (Å²) in [5, 5.41) is 15.5. The van der Waals surface area contributed by atoms with Crippen LogP contribution in [0.15, 0.2) is 11.4 Å². The molecule has 2 rings (SSSR count). The van der Waals surface area contributed by atoms with E-state index < -0.39 is 0 Å². The van der Waals surface area contributed by atoms with Crippen molar-refractivity contribution in [1.29, 1.82) is 0 Å². The van der Waals surface area contributed by atoms with Crippen molar-refractivity contribution < 1.29 is 5.11 Å². The van der Waals surface area contributed by atoms with Crippen molar-refractivity contribution in [2.75, 3.05) is 0 Å². The molecule has 1 heterocycles. The molecule has 0 aliphatic heterocycles. The predicted octanol–water partition coefficient (Wildman–Crippen LogP) is 2.70. The molecule has 1 aromatic rings. The van der Waals surface area contributed by atoms with Crippen LogP contribution in [-0.4, -0.2) is 17.3 Å². The zero-order valence-electron chi connectivity index (χ0n) is 9.91. The van der Waals surface area contributed by atoms with Gasteiger partial charge in [-0.2, -0.15) is 0 Å². The quantitative estimate of drug-likeness (QED) is 0.846. The fourth-order valence-electron chi connectivity index (χ4n) is 2.41. The van der Waals surface area contributed by atoms with Crippen LogP contribution in [0.25, 0.3) is 0 Å². The van der Waals surface area contributed by atoms with Crippen LogP contribution in [0.3, 0.4) is 0 Å². The topological polar surface area (TPSA) is 32.3 Å². The molecule has 0 aromatic carbocycles. The maximum absolute atomic E-state index is 9.86. The highest BCUT2D eigenvalue weighted by Gasteiger charge is 2.22. The second-order valence-electron chi connectivity index (χ2n) is 4.56. The van der Waals surface area contributed by atoms with Crippen LogP contribution in [0.5, 0.6) is 0 Å². The molecule has 0 spiro atoms. The second kappa shape index (κ2) is 5.80. The third-order valence-electron chi connectivity index (χ3n) is 3.47. The van der Waals surface area contributed by atoms with Gasteiger partial charge in [-0.25, -0.2) is 0 Å². The van der Waals surface area contributed by atoms with Gasteiger partial charge in [-0.1, -0.05) is 19.8 Å². The van der Waals surface area contributed by atoms with E-state index in [0.29, 0.717) is 6.04 Å². The lowest BCUT2D eigenvalue weighted by Crippen LogP contribution is -2.41. The maximum Gasteiger partial charge on any atom is 0.0693 e. The number of thiophene rings is 1. The van der Waals surface area contributed by atoms with Crippen molar-refractivity contribution in [1.82, 2.24) is 5.32 Å². The Kier molecular flexibility index (Phi) is 4.38. The van der Waals surface area contributed by atoms with E-state index in [1.54, 1.807) is 0 Å². The Morgan fingerprint density at radius 3 is 3.00 bits per heavy atom. The third-order valence-corrected chi connectivity index (χ3v) is 4.44. The summed E-state index contributed by atoms with van der Waals surface area (Å²) in [6, 6.07) is 2.51. The highest BCUT2D eigenvalue weighted by atomic mass is 32.1. The van der Waals surface area contributed by atoms with Gasteiger partial charge in [0.15, 0.2) is 0 Å². The second-order valence-corrected chi connectivity index (χ2v) is 5.56. The van der Waals surface area contributed by atoms with Crippen LogP contribution in [0.2, 0.25) is 0 Å². The lowest BCUT2D eigenvalue weighted by atomic mass is 9.92. The molecule has 2 nitrogen and oxygen atoms in total. The van der Waals surface area contributed by atoms with E-state index in [2.05, 4.69) is 23.7 Å². The van der Waals surface area contributed by atoms with Crippen molar-refractivity contribution in [3.8, 4) is 0 Å². The molecule has 3 heteroatoms. The minimum absolute atomic E-state index is 0.140. The molecule has 0 radical (unpaired) electrons. The van der Waals surface area contributed by atoms with E-state index in [0.717, 1.165) is 25.8 Å². The number of aryl methyl sites for hydroxylation is 1. The molecule has 0 amide bonds. The van der Waals surface area contributed by atoms with Gasteiger partial charge in [-0.05, 0) is 36.3 Å². The van der Waals surface area contributed by atoms with E-state index in [1.165, 1.54) is 23.3 Å². The Morgan fingerprint density at radius 1 is 1.44 bits per heavy atom. The summed E-state index contributed by atoms with van der Waals surface area (Å²) in [4.78, 5) is 1.43. The fourth-order valence-corrected chi connectivity index (χ4v) is 3.34. The number of rotatable bonds is 4. The minimum Gasteiger partial charge on any atom is -0.392 e. The zero-order chi connectivity index (χ0) is 11.4. The van der Waals surface area contributed by atoms with Crippen LogP contribution in [0, 0.1) is 0 Å². The molecule has 1 aromatic heterocycles. The normalized spacial score (nSPS) is 25.9. The molecular formula is C13H21NOS. The molecule has 90 valence electrons. The smallest absolute Gasteiger partial charge is 0.0693 e. The molecule has 2 atom stereocenters. The third kappa shape index (κ3) is 2.84. The Morgan fingerprint density at radius 2 is 2.25 bits per heavy atom. The van der Waals surface area contributed by atoms with Gasteiger partial charge in [-0.15, -0.1) is 11.3 Å². The monoisotopic (exact) mass is 239 g/mol. The summed E-state index contributed by atoms with van der Waals surface area (Å²) in [5.41, 5.74) is 1.45. The van der Waals surface area contributed by atoms with Crippen LogP contribution in [-0.2, 0) is 13.0 Å². The van der Waals surface area contributed by atoms with Crippen LogP contribution in [0.1, 0.15) is 43.0 Å². The van der Waals surface area contributed by atoms with Crippen molar-refractivity contribution >= 4 is 11.3 Å². The minimum atomic E-state index is -0.140. The molecule has 0 bridgehead atoms. The van der Waals surface area contributed by atoms with Gasteiger partial charge >= 0.3 is 0 Å². The number of hydrogen-bond acceptors (Lipinski definition) is 3. The summed E-state index contributed by atoms with van der Waals surface area (Å²) in [6.07, 6.45) is 5.47. The average molecular weight is 239 g/mol. The zero-order valence-corrected chi connectivity index (χ0v) is 10.7. The Hall–Kier alpha value is -0.380. The summed E-state index contributed by atoms with van der Waals surface area (Å²) < 4.78 is 0. The number of aliphatic hydroxyl groups excluding tert-OH is 1. The summed E-state index contributed by atoms with van der Waals surface area (Å²) in [7, 11) is 0. The summed E-state index contributed by atoms with van der Waals surface area (Å²) in [6.45, 7) is 3.11. The number of nitrogens with one attached hydrogen (secondary N) is 1. The molecule has 2 N–H and O–H groups in total. The first-order chi connectivity index (χ1) is 7.81. The Balaban J connectivity index is 1.86. The summed E-state index contributed by atoms with van der Waals surface area (Å²) in [5.74, 6) is 0. The molecule has 0 saturated heterocycles. The number of aliphatic hydroxyl groups is 1. The van der Waals surface area contributed by atoms with E-state index in [-0.39, 0.29) is 6.10 Å². The molecule has 1 aliphatic carbocycles. The van der Waals surface area contributed by atoms with Crippen LogP contribution < -0.4 is 5.32 Å². The predicted molar refractivity (Wildman–Crippen MR) is 68.8 cm³/mol. The van der Waals surface area contributed by atoms with E-state index in [4.69, 9.17) is 0 Å². The van der Waals surface area contributed by atoms with Gasteiger partial charge in [0.25, 0.3) is 0 Å². The number of hydrogen-bond donors (Lipinski definition) is 2. The lowest BCUT2D eigenvalue weighted by Gasteiger charge is -2.28. The first-order valence-corrected chi connectivity index (χ1v) is 7.16. The summed E-state index contributed by atoms with van der Waals surface area (Å²) >= 11 is 1.82. The first-order valence-electron chi connectivity index (χ1n) is 6.28. The SMILES string of the molecule is CCc1ccsc1CNC1CCCCC1O. The van der Waals surface area contributed by atoms with Gasteiger partial charge in [0, 0.05) is 17.5 Å². The van der Waals surface area contributed by atoms with E-state index in [1.807, 2.05) is 11.3 Å². The largest absolute Gasteiger partial charge is 0.392 e. The molecule has 1 aliphatic rings. The lowest BCUT2D eigenvalue weighted by molar-refractivity contribution is 0.0903. The van der Waals surface area contributed by atoms with Gasteiger partial charge < -0.3 is 10.4 Å². The van der Waals surface area contributed by atoms with Crippen LogP contribution >= 0.6 is 11.3 Å². The van der Waals surface area contributed by atoms with Gasteiger partial charge in [0.1, 0.15) is 0 Å². The molecular weight excluding hydrogens is 218 g/mol. The van der Waals surface area contributed by atoms with Crippen molar-refractivity contribution in [2.45, 2.75) is 57.7 Å². The first kappa shape index (κ1) is 12.1. The van der Waals surface area contributed by atoms with Gasteiger partial charge in [0.2, 0.25) is 0 Å². The van der Waals surface area contributed by atoms with Crippen molar-refractivity contribution in [3.63, 3.8) is 0 Å². The van der Waals surface area contributed by atoms with E-state index >= 15 is 0 Å². The van der Waals surface area contributed by atoms with E-state index in [9.17, 15) is 5.11 Å². The highest BCUT2D eigenvalue weighted by Crippen LogP contribution is 2.21. The van der Waals surface area contributed by atoms with Crippen molar-refractivity contribution in [3.05, 3.63) is 21.9 Å². The molecule has 2 unspecified atom stereocenters. The van der Waals surface area contributed by atoms with Crippen LogP contribution in [0.4, 0.5) is 0 Å². The molecule has 1 saturated carbocycles.